The van der Waals surface area contributed by atoms with Crippen LogP contribution >= 0.6 is 0 Å². The molecule has 7 nitrogen and oxygen atoms in total. The summed E-state index contributed by atoms with van der Waals surface area (Å²) in [5, 5.41) is 2.48. The Morgan fingerprint density at radius 3 is 2.48 bits per heavy atom. The maximum absolute atomic E-state index is 12.1. The van der Waals surface area contributed by atoms with Crippen LogP contribution in [0.25, 0.3) is 0 Å². The Balaban J connectivity index is 2.59. The van der Waals surface area contributed by atoms with E-state index in [0.717, 1.165) is 0 Å². The molecule has 1 rings (SSSR count). The van der Waals surface area contributed by atoms with Gasteiger partial charge in [0, 0.05) is 26.8 Å². The first kappa shape index (κ1) is 19.4. The van der Waals surface area contributed by atoms with Crippen molar-refractivity contribution in [1.82, 2.24) is 10.0 Å². The zero-order valence-electron chi connectivity index (χ0n) is 13.7. The van der Waals surface area contributed by atoms with Crippen LogP contribution in [0.2, 0.25) is 0 Å². The van der Waals surface area contributed by atoms with Crippen LogP contribution in [0.1, 0.15) is 20.3 Å². The third kappa shape index (κ3) is 6.55. The number of hydrogen-bond donors (Lipinski definition) is 2. The Kier molecular flexibility index (Phi) is 8.01. The molecule has 130 valence electrons. The van der Waals surface area contributed by atoms with Gasteiger partial charge >= 0.3 is 0 Å². The molecular formula is C15H24N2O5S. The van der Waals surface area contributed by atoms with Crippen LogP contribution in [0.5, 0.6) is 5.75 Å². The smallest absolute Gasteiger partial charge is 0.260 e. The summed E-state index contributed by atoms with van der Waals surface area (Å²) in [6, 6.07) is 5.93. The minimum atomic E-state index is -3.55. The van der Waals surface area contributed by atoms with Crippen LogP contribution < -0.4 is 14.8 Å². The molecule has 8 heteroatoms. The van der Waals surface area contributed by atoms with Crippen molar-refractivity contribution in [3.8, 4) is 5.75 Å². The zero-order valence-corrected chi connectivity index (χ0v) is 14.5. The summed E-state index contributed by atoms with van der Waals surface area (Å²) in [5.74, 6) is 0.175. The van der Waals surface area contributed by atoms with E-state index in [9.17, 15) is 13.2 Å². The Bertz CT molecular complexity index is 586. The number of ether oxygens (including phenoxy) is 2. The fourth-order valence-corrected chi connectivity index (χ4v) is 2.84. The first-order valence-corrected chi connectivity index (χ1v) is 8.94. The highest BCUT2D eigenvalue weighted by Gasteiger charge is 2.15. The highest BCUT2D eigenvalue weighted by molar-refractivity contribution is 7.89. The topological polar surface area (TPSA) is 93.7 Å². The summed E-state index contributed by atoms with van der Waals surface area (Å²) in [6.07, 6.45) is -0.0445. The molecule has 1 amide bonds. The standard InChI is InChI=1S/C15H24N2O5S/c1-4-21-11-5-10-17-23(19,20)14-8-6-13(7-9-14)22-12(2)15(18)16-3/h6-9,12,17H,4-5,10-11H2,1-3H3,(H,16,18)/t12-/m0/s1. The Morgan fingerprint density at radius 1 is 1.26 bits per heavy atom. The molecule has 0 aliphatic rings. The maximum atomic E-state index is 12.1. The number of sulfonamides is 1. The number of benzene rings is 1. The number of carbonyl (C=O) groups excluding carboxylic acids is 1. The molecule has 0 radical (unpaired) electrons. The molecule has 0 heterocycles. The maximum Gasteiger partial charge on any atom is 0.260 e. The van der Waals surface area contributed by atoms with Crippen molar-refractivity contribution in [2.75, 3.05) is 26.8 Å². The third-order valence-electron chi connectivity index (χ3n) is 3.02. The normalized spacial score (nSPS) is 12.7. The van der Waals surface area contributed by atoms with Gasteiger partial charge in [0.15, 0.2) is 6.10 Å². The molecule has 0 spiro atoms. The Hall–Kier alpha value is -1.64. The minimum Gasteiger partial charge on any atom is -0.481 e. The lowest BCUT2D eigenvalue weighted by Crippen LogP contribution is -2.33. The van der Waals surface area contributed by atoms with Gasteiger partial charge in [0.25, 0.3) is 5.91 Å². The van der Waals surface area contributed by atoms with Gasteiger partial charge < -0.3 is 14.8 Å². The average Bonchev–Trinajstić information content (AvgIpc) is 2.54. The molecule has 23 heavy (non-hydrogen) atoms. The fourth-order valence-electron chi connectivity index (χ4n) is 1.77. The van der Waals surface area contributed by atoms with Crippen molar-refractivity contribution in [1.29, 1.82) is 0 Å². The highest BCUT2D eigenvalue weighted by atomic mass is 32.2. The van der Waals surface area contributed by atoms with Crippen LogP contribution in [-0.2, 0) is 19.6 Å². The van der Waals surface area contributed by atoms with E-state index in [1.165, 1.54) is 31.3 Å². The molecule has 0 bridgehead atoms. The van der Waals surface area contributed by atoms with Crippen molar-refractivity contribution in [3.63, 3.8) is 0 Å². The summed E-state index contributed by atoms with van der Waals surface area (Å²) in [6.45, 7) is 4.95. The predicted molar refractivity (Wildman–Crippen MR) is 86.9 cm³/mol. The Morgan fingerprint density at radius 2 is 1.91 bits per heavy atom. The lowest BCUT2D eigenvalue weighted by Gasteiger charge is -2.13. The average molecular weight is 344 g/mol. The van der Waals surface area contributed by atoms with Crippen molar-refractivity contribution < 1.29 is 22.7 Å². The van der Waals surface area contributed by atoms with Gasteiger partial charge in [-0.2, -0.15) is 0 Å². The number of rotatable bonds is 10. The van der Waals surface area contributed by atoms with Gasteiger partial charge in [0.2, 0.25) is 10.0 Å². The van der Waals surface area contributed by atoms with E-state index in [0.29, 0.717) is 31.9 Å². The van der Waals surface area contributed by atoms with Gasteiger partial charge in [-0.15, -0.1) is 0 Å². The number of likely N-dealkylation sites (N-methyl/N-ethyl adjacent to an activating group) is 1. The molecule has 1 aromatic carbocycles. The minimum absolute atomic E-state index is 0.147. The van der Waals surface area contributed by atoms with Gasteiger partial charge in [-0.05, 0) is 44.5 Å². The van der Waals surface area contributed by atoms with Gasteiger partial charge in [0.05, 0.1) is 4.90 Å². The Labute approximate surface area is 137 Å². The summed E-state index contributed by atoms with van der Waals surface area (Å²) >= 11 is 0. The second kappa shape index (κ2) is 9.49. The van der Waals surface area contributed by atoms with Crippen LogP contribution in [-0.4, -0.2) is 47.2 Å². The van der Waals surface area contributed by atoms with Crippen LogP contribution in [0.15, 0.2) is 29.2 Å². The molecule has 2 N–H and O–H groups in total. The second-order valence-corrected chi connectivity index (χ2v) is 6.56. The van der Waals surface area contributed by atoms with Crippen molar-refractivity contribution >= 4 is 15.9 Å². The quantitative estimate of drug-likeness (QED) is 0.615. The fraction of sp³-hybridized carbons (Fsp3) is 0.533. The lowest BCUT2D eigenvalue weighted by molar-refractivity contribution is -0.126. The van der Waals surface area contributed by atoms with Gasteiger partial charge in [-0.1, -0.05) is 0 Å². The molecule has 0 fully saturated rings. The molecule has 0 aliphatic carbocycles. The van der Waals surface area contributed by atoms with Gasteiger partial charge in [-0.3, -0.25) is 4.79 Å². The van der Waals surface area contributed by atoms with E-state index < -0.39 is 16.1 Å². The van der Waals surface area contributed by atoms with E-state index in [2.05, 4.69) is 10.0 Å². The van der Waals surface area contributed by atoms with Gasteiger partial charge in [0.1, 0.15) is 5.75 Å². The molecular weight excluding hydrogens is 320 g/mol. The monoisotopic (exact) mass is 344 g/mol. The summed E-state index contributed by atoms with van der Waals surface area (Å²) < 4.78 is 37.3. The molecule has 0 aromatic heterocycles. The highest BCUT2D eigenvalue weighted by Crippen LogP contribution is 2.17. The third-order valence-corrected chi connectivity index (χ3v) is 4.50. The molecule has 1 atom stereocenters. The molecule has 0 aliphatic heterocycles. The number of nitrogens with one attached hydrogen (secondary N) is 2. The van der Waals surface area contributed by atoms with E-state index in [1.807, 2.05) is 6.92 Å². The van der Waals surface area contributed by atoms with E-state index >= 15 is 0 Å². The molecule has 1 aromatic rings. The van der Waals surface area contributed by atoms with Crippen molar-refractivity contribution in [2.24, 2.45) is 0 Å². The summed E-state index contributed by atoms with van der Waals surface area (Å²) in [7, 11) is -2.03. The predicted octanol–water partition coefficient (Wildman–Crippen LogP) is 0.905. The number of hydrogen-bond acceptors (Lipinski definition) is 5. The van der Waals surface area contributed by atoms with Gasteiger partial charge in [-0.25, -0.2) is 13.1 Å². The largest absolute Gasteiger partial charge is 0.481 e. The number of carbonyl (C=O) groups is 1. The molecule has 0 saturated heterocycles. The van der Waals surface area contributed by atoms with Crippen molar-refractivity contribution in [3.05, 3.63) is 24.3 Å². The second-order valence-electron chi connectivity index (χ2n) is 4.79. The summed E-state index contributed by atoms with van der Waals surface area (Å²) in [5.41, 5.74) is 0. The zero-order chi connectivity index (χ0) is 17.3. The molecule has 0 saturated carbocycles. The van der Waals surface area contributed by atoms with Crippen LogP contribution in [0.4, 0.5) is 0 Å². The van der Waals surface area contributed by atoms with E-state index in [-0.39, 0.29) is 10.8 Å². The van der Waals surface area contributed by atoms with E-state index in [4.69, 9.17) is 9.47 Å². The summed E-state index contributed by atoms with van der Waals surface area (Å²) in [4.78, 5) is 11.5. The first-order chi connectivity index (χ1) is 10.9. The van der Waals surface area contributed by atoms with Crippen LogP contribution in [0.3, 0.4) is 0 Å². The van der Waals surface area contributed by atoms with E-state index in [1.54, 1.807) is 6.92 Å². The SMILES string of the molecule is CCOCCCNS(=O)(=O)c1ccc(O[C@@H](C)C(=O)NC)cc1. The number of amides is 1. The first-order valence-electron chi connectivity index (χ1n) is 7.46. The van der Waals surface area contributed by atoms with Crippen molar-refractivity contribution in [2.45, 2.75) is 31.3 Å². The lowest BCUT2D eigenvalue weighted by atomic mass is 10.3. The molecule has 0 unspecified atom stereocenters. The van der Waals surface area contributed by atoms with Crippen LogP contribution in [0, 0.1) is 0 Å².